The van der Waals surface area contributed by atoms with Crippen molar-refractivity contribution in [3.63, 3.8) is 0 Å². The second-order valence-electron chi connectivity index (χ2n) is 7.80. The first-order valence-electron chi connectivity index (χ1n) is 11.1. The second-order valence-corrected chi connectivity index (χ2v) is 9.32. The zero-order chi connectivity index (χ0) is 19.5. The molecule has 0 radical (unpaired) electrons. The Bertz CT molecular complexity index is 388. The Kier molecular flexibility index (Phi) is 25.2. The Balaban J connectivity index is 0. The molecular formula is C21H43KO4S. The molecule has 0 bridgehead atoms. The smallest absolute Gasteiger partial charge is 0.748 e. The van der Waals surface area contributed by atoms with Gasteiger partial charge in [-0.25, -0.2) is 8.42 Å². The Morgan fingerprint density at radius 2 is 1.00 bits per heavy atom. The van der Waals surface area contributed by atoms with Crippen LogP contribution < -0.4 is 51.4 Å². The molecule has 4 nitrogen and oxygen atoms in total. The third-order valence-corrected chi connectivity index (χ3v) is 5.86. The summed E-state index contributed by atoms with van der Waals surface area (Å²) in [6.07, 6.45) is 20.5. The molecule has 0 aromatic rings. The number of aliphatic hydroxyl groups excluding tert-OH is 1. The molecule has 0 aromatic heterocycles. The quantitative estimate of drug-likeness (QED) is 0.183. The molecule has 1 unspecified atom stereocenters. The summed E-state index contributed by atoms with van der Waals surface area (Å²) in [4.78, 5) is 0. The van der Waals surface area contributed by atoms with Crippen LogP contribution in [0.3, 0.4) is 0 Å². The summed E-state index contributed by atoms with van der Waals surface area (Å²) < 4.78 is 31.4. The fourth-order valence-electron chi connectivity index (χ4n) is 3.38. The number of rotatable bonds is 20. The summed E-state index contributed by atoms with van der Waals surface area (Å²) in [7, 11) is -4.07. The number of aliphatic hydroxyl groups is 1. The molecule has 0 saturated heterocycles. The van der Waals surface area contributed by atoms with Crippen molar-refractivity contribution < 1.29 is 69.5 Å². The largest absolute Gasteiger partial charge is 1.00 e. The van der Waals surface area contributed by atoms with Crippen LogP contribution in [0, 0.1) is 0 Å². The molecule has 0 saturated carbocycles. The molecule has 1 N–H and O–H groups in total. The van der Waals surface area contributed by atoms with Gasteiger partial charge >= 0.3 is 51.4 Å². The first kappa shape index (κ1) is 30.7. The van der Waals surface area contributed by atoms with E-state index in [1.54, 1.807) is 0 Å². The maximum atomic E-state index is 10.5. The molecule has 6 heteroatoms. The molecule has 0 aliphatic heterocycles. The molecule has 0 fully saturated rings. The predicted molar refractivity (Wildman–Crippen MR) is 109 cm³/mol. The molecule has 158 valence electrons. The summed E-state index contributed by atoms with van der Waals surface area (Å²) in [6, 6.07) is 0. The fraction of sp³-hybridized carbons (Fsp3) is 1.00. The van der Waals surface area contributed by atoms with Crippen LogP contribution in [-0.4, -0.2) is 29.9 Å². The third-order valence-electron chi connectivity index (χ3n) is 5.07. The van der Waals surface area contributed by atoms with Crippen LogP contribution in [0.15, 0.2) is 0 Å². The van der Waals surface area contributed by atoms with E-state index in [0.29, 0.717) is 12.8 Å². The molecule has 27 heavy (non-hydrogen) atoms. The van der Waals surface area contributed by atoms with Gasteiger partial charge in [-0.3, -0.25) is 0 Å². The van der Waals surface area contributed by atoms with Crippen LogP contribution >= 0.6 is 0 Å². The van der Waals surface area contributed by atoms with Gasteiger partial charge in [-0.2, -0.15) is 0 Å². The first-order valence-corrected chi connectivity index (χ1v) is 12.6. The van der Waals surface area contributed by atoms with E-state index in [2.05, 4.69) is 6.92 Å². The van der Waals surface area contributed by atoms with Gasteiger partial charge in [-0.05, 0) is 19.3 Å². The minimum absolute atomic E-state index is 0. The summed E-state index contributed by atoms with van der Waals surface area (Å²) in [5.41, 5.74) is 0. The van der Waals surface area contributed by atoms with Gasteiger partial charge in [-0.1, -0.05) is 103 Å². The van der Waals surface area contributed by atoms with Crippen LogP contribution in [0.25, 0.3) is 0 Å². The van der Waals surface area contributed by atoms with Crippen molar-refractivity contribution >= 4 is 10.1 Å². The Hall–Kier alpha value is 1.51. The van der Waals surface area contributed by atoms with Gasteiger partial charge in [0.25, 0.3) is 0 Å². The SMILES string of the molecule is CCCCCCCCCCCCCCCC(O)CCCCCS(=O)(=O)[O-].[K+]. The summed E-state index contributed by atoms with van der Waals surface area (Å²) in [5, 5.41) is 9.91. The van der Waals surface area contributed by atoms with Gasteiger partial charge in [0.15, 0.2) is 0 Å². The molecule has 1 atom stereocenters. The van der Waals surface area contributed by atoms with E-state index in [-0.39, 0.29) is 63.2 Å². The minimum atomic E-state index is -4.07. The average Bonchev–Trinajstić information content (AvgIpc) is 2.57. The van der Waals surface area contributed by atoms with Crippen molar-refractivity contribution in [3.8, 4) is 0 Å². The van der Waals surface area contributed by atoms with Crippen molar-refractivity contribution in [2.45, 2.75) is 129 Å². The number of hydrogen-bond acceptors (Lipinski definition) is 4. The van der Waals surface area contributed by atoms with E-state index >= 15 is 0 Å². The normalized spacial score (nSPS) is 12.7. The molecule has 0 aliphatic rings. The van der Waals surface area contributed by atoms with E-state index < -0.39 is 10.1 Å². The maximum absolute atomic E-state index is 10.5. The molecule has 0 spiro atoms. The molecule has 0 aliphatic carbocycles. The van der Waals surface area contributed by atoms with Gasteiger partial charge in [0.1, 0.15) is 0 Å². The summed E-state index contributed by atoms with van der Waals surface area (Å²) >= 11 is 0. The monoisotopic (exact) mass is 430 g/mol. The van der Waals surface area contributed by atoms with Gasteiger partial charge in [-0.15, -0.1) is 0 Å². The molecule has 0 heterocycles. The van der Waals surface area contributed by atoms with E-state index in [4.69, 9.17) is 0 Å². The topological polar surface area (TPSA) is 77.4 Å². The fourth-order valence-corrected chi connectivity index (χ4v) is 3.94. The number of hydrogen-bond donors (Lipinski definition) is 1. The summed E-state index contributed by atoms with van der Waals surface area (Å²) in [5.74, 6) is -0.276. The minimum Gasteiger partial charge on any atom is -0.748 e. The van der Waals surface area contributed by atoms with Gasteiger partial charge in [0, 0.05) is 5.75 Å². The average molecular weight is 431 g/mol. The van der Waals surface area contributed by atoms with Gasteiger partial charge in [0.2, 0.25) is 0 Å². The second kappa shape index (κ2) is 22.2. The molecule has 0 amide bonds. The molecule has 0 rings (SSSR count). The Labute approximate surface area is 211 Å². The van der Waals surface area contributed by atoms with Crippen LogP contribution in [0.5, 0.6) is 0 Å². The van der Waals surface area contributed by atoms with Crippen molar-refractivity contribution in [2.24, 2.45) is 0 Å². The number of unbranched alkanes of at least 4 members (excludes halogenated alkanes) is 14. The van der Waals surface area contributed by atoms with Crippen LogP contribution in [0.1, 0.15) is 122 Å². The van der Waals surface area contributed by atoms with Gasteiger partial charge in [0.05, 0.1) is 16.2 Å². The molecule has 0 aromatic carbocycles. The third kappa shape index (κ3) is 27.5. The van der Waals surface area contributed by atoms with Crippen molar-refractivity contribution in [2.75, 3.05) is 5.75 Å². The zero-order valence-electron chi connectivity index (χ0n) is 18.1. The maximum Gasteiger partial charge on any atom is 1.00 e. The van der Waals surface area contributed by atoms with E-state index in [0.717, 1.165) is 25.7 Å². The standard InChI is InChI=1S/C21H44O4S.K/c1-2-3-4-5-6-7-8-9-10-11-12-13-15-18-21(22)19-16-14-17-20-26(23,24)25;/h21-22H,2-20H2,1H3,(H,23,24,25);/q;+1/p-1. The van der Waals surface area contributed by atoms with E-state index in [1.165, 1.54) is 77.0 Å². The van der Waals surface area contributed by atoms with Crippen molar-refractivity contribution in [3.05, 3.63) is 0 Å². The van der Waals surface area contributed by atoms with E-state index in [1.807, 2.05) is 0 Å². The van der Waals surface area contributed by atoms with Crippen LogP contribution in [-0.2, 0) is 10.1 Å². The van der Waals surface area contributed by atoms with Gasteiger partial charge < -0.3 is 9.66 Å². The Morgan fingerprint density at radius 3 is 1.37 bits per heavy atom. The van der Waals surface area contributed by atoms with E-state index in [9.17, 15) is 18.1 Å². The van der Waals surface area contributed by atoms with Crippen LogP contribution in [0.4, 0.5) is 0 Å². The molecular weight excluding hydrogens is 387 g/mol. The van der Waals surface area contributed by atoms with Crippen molar-refractivity contribution in [1.82, 2.24) is 0 Å². The van der Waals surface area contributed by atoms with Crippen molar-refractivity contribution in [1.29, 1.82) is 0 Å². The first-order chi connectivity index (χ1) is 12.5. The Morgan fingerprint density at radius 1 is 0.667 bits per heavy atom. The zero-order valence-corrected chi connectivity index (χ0v) is 22.0. The predicted octanol–water partition coefficient (Wildman–Crippen LogP) is 2.94. The van der Waals surface area contributed by atoms with Crippen LogP contribution in [0.2, 0.25) is 0 Å². The summed E-state index contributed by atoms with van der Waals surface area (Å²) in [6.45, 7) is 2.26.